The number of nitrogens with one attached hydrogen (secondary N) is 2. The van der Waals surface area contributed by atoms with Crippen LogP contribution in [0.5, 0.6) is 11.5 Å². The first-order valence-corrected chi connectivity index (χ1v) is 9.11. The summed E-state index contributed by atoms with van der Waals surface area (Å²) in [5.74, 6) is 1.42. The maximum absolute atomic E-state index is 11.8. The lowest BCUT2D eigenvalue weighted by Gasteiger charge is -2.15. The van der Waals surface area contributed by atoms with Gasteiger partial charge in [-0.25, -0.2) is 10.2 Å². The Labute approximate surface area is 164 Å². The summed E-state index contributed by atoms with van der Waals surface area (Å²) in [6.07, 6.45) is 1.49. The second-order valence-corrected chi connectivity index (χ2v) is 6.57. The number of amides is 2. The summed E-state index contributed by atoms with van der Waals surface area (Å²) in [7, 11) is 0. The summed E-state index contributed by atoms with van der Waals surface area (Å²) < 4.78 is 11.4. The van der Waals surface area contributed by atoms with Crippen molar-refractivity contribution in [1.82, 2.24) is 5.43 Å². The lowest BCUT2D eigenvalue weighted by atomic mass is 10.2. The largest absolute Gasteiger partial charge is 0.490 e. The molecule has 2 amide bonds. The molecule has 0 aromatic heterocycles. The van der Waals surface area contributed by atoms with Crippen LogP contribution in [0, 0.1) is 5.92 Å². The third kappa shape index (κ3) is 6.83. The molecule has 2 aromatic rings. The van der Waals surface area contributed by atoms with Crippen molar-refractivity contribution in [3.05, 3.63) is 53.1 Å². The number of hydrogen-bond donors (Lipinski definition) is 2. The smallest absolute Gasteiger partial charge is 0.339 e. The number of hydrogen-bond acceptors (Lipinski definition) is 4. The molecule has 0 aliphatic heterocycles. The molecule has 7 heteroatoms. The Morgan fingerprint density at radius 2 is 1.96 bits per heavy atom. The Morgan fingerprint density at radius 1 is 1.22 bits per heavy atom. The third-order valence-corrected chi connectivity index (χ3v) is 3.58. The van der Waals surface area contributed by atoms with Crippen LogP contribution >= 0.6 is 11.6 Å². The fourth-order valence-electron chi connectivity index (χ4n) is 2.16. The molecule has 2 N–H and O–H groups in total. The second-order valence-electron chi connectivity index (χ2n) is 6.16. The van der Waals surface area contributed by atoms with Crippen molar-refractivity contribution in [2.45, 2.75) is 20.8 Å². The predicted octanol–water partition coefficient (Wildman–Crippen LogP) is 4.93. The molecule has 2 rings (SSSR count). The highest BCUT2D eigenvalue weighted by atomic mass is 35.5. The topological polar surface area (TPSA) is 72.0 Å². The van der Waals surface area contributed by atoms with Gasteiger partial charge in [0.1, 0.15) is 0 Å². The van der Waals surface area contributed by atoms with E-state index >= 15 is 0 Å². The fraction of sp³-hybridized carbons (Fsp3) is 0.300. The molecule has 0 aliphatic rings. The molecule has 0 unspecified atom stereocenters. The highest BCUT2D eigenvalue weighted by Gasteiger charge is 2.13. The molecule has 0 spiro atoms. The van der Waals surface area contributed by atoms with E-state index in [2.05, 4.69) is 29.7 Å². The maximum atomic E-state index is 11.8. The van der Waals surface area contributed by atoms with E-state index in [4.69, 9.17) is 21.1 Å². The molecular weight excluding hydrogens is 366 g/mol. The van der Waals surface area contributed by atoms with E-state index in [9.17, 15) is 4.79 Å². The van der Waals surface area contributed by atoms with E-state index in [1.165, 1.54) is 6.21 Å². The Morgan fingerprint density at radius 3 is 2.63 bits per heavy atom. The van der Waals surface area contributed by atoms with Gasteiger partial charge >= 0.3 is 6.03 Å². The Hall–Kier alpha value is -2.73. The van der Waals surface area contributed by atoms with Crippen LogP contribution in [0.15, 0.2) is 47.6 Å². The average Bonchev–Trinajstić information content (AvgIpc) is 2.62. The second kappa shape index (κ2) is 10.4. The van der Waals surface area contributed by atoms with E-state index < -0.39 is 6.03 Å². The van der Waals surface area contributed by atoms with Crippen LogP contribution in [0.3, 0.4) is 0 Å². The van der Waals surface area contributed by atoms with Crippen LogP contribution in [-0.2, 0) is 0 Å². The highest BCUT2D eigenvalue weighted by Crippen LogP contribution is 2.36. The molecule has 0 saturated carbocycles. The number of rotatable bonds is 8. The molecule has 0 bridgehead atoms. The van der Waals surface area contributed by atoms with Crippen molar-refractivity contribution < 1.29 is 14.3 Å². The van der Waals surface area contributed by atoms with Gasteiger partial charge in [-0.2, -0.15) is 5.10 Å². The normalized spacial score (nSPS) is 10.9. The first-order valence-electron chi connectivity index (χ1n) is 8.73. The monoisotopic (exact) mass is 389 g/mol. The summed E-state index contributed by atoms with van der Waals surface area (Å²) >= 11 is 6.34. The maximum Gasteiger partial charge on any atom is 0.339 e. The van der Waals surface area contributed by atoms with Gasteiger partial charge in [0.25, 0.3) is 0 Å². The lowest BCUT2D eigenvalue weighted by Crippen LogP contribution is -2.24. The summed E-state index contributed by atoms with van der Waals surface area (Å²) in [4.78, 5) is 11.8. The minimum absolute atomic E-state index is 0.365. The van der Waals surface area contributed by atoms with Gasteiger partial charge < -0.3 is 14.8 Å². The van der Waals surface area contributed by atoms with Gasteiger partial charge in [-0.05, 0) is 42.7 Å². The van der Waals surface area contributed by atoms with Crippen LogP contribution in [0.1, 0.15) is 26.3 Å². The van der Waals surface area contributed by atoms with Gasteiger partial charge in [0.15, 0.2) is 11.5 Å². The van der Waals surface area contributed by atoms with Crippen molar-refractivity contribution in [2.75, 3.05) is 18.5 Å². The Balaban J connectivity index is 2.04. The standard InChI is InChI=1S/C20H24ClN3O3/c1-4-26-18-11-15(10-17(21)19(18)27-13-14(2)3)12-22-24-20(25)23-16-8-6-5-7-9-16/h5-12,14H,4,13H2,1-3H3,(H2,23,24,25)/b22-12+. The van der Waals surface area contributed by atoms with Crippen LogP contribution < -0.4 is 20.2 Å². The number of hydrazone groups is 1. The van der Waals surface area contributed by atoms with E-state index in [-0.39, 0.29) is 0 Å². The van der Waals surface area contributed by atoms with Crippen LogP contribution in [0.25, 0.3) is 0 Å². The summed E-state index contributed by atoms with van der Waals surface area (Å²) in [5.41, 5.74) is 3.77. The molecule has 6 nitrogen and oxygen atoms in total. The predicted molar refractivity (Wildman–Crippen MR) is 109 cm³/mol. The van der Waals surface area contributed by atoms with Gasteiger partial charge in [0.05, 0.1) is 24.5 Å². The molecule has 144 valence electrons. The zero-order valence-electron chi connectivity index (χ0n) is 15.7. The molecule has 0 radical (unpaired) electrons. The number of urea groups is 1. The van der Waals surface area contributed by atoms with Crippen molar-refractivity contribution >= 4 is 29.5 Å². The van der Waals surface area contributed by atoms with Crippen molar-refractivity contribution in [3.63, 3.8) is 0 Å². The number of para-hydroxylation sites is 1. The minimum atomic E-state index is -0.439. The Bertz CT molecular complexity index is 780. The molecule has 27 heavy (non-hydrogen) atoms. The molecule has 0 fully saturated rings. The molecular formula is C20H24ClN3O3. The first-order chi connectivity index (χ1) is 13.0. The van der Waals surface area contributed by atoms with Crippen LogP contribution in [0.2, 0.25) is 5.02 Å². The van der Waals surface area contributed by atoms with Crippen molar-refractivity contribution in [1.29, 1.82) is 0 Å². The van der Waals surface area contributed by atoms with E-state index in [0.29, 0.717) is 46.9 Å². The number of carbonyl (C=O) groups is 1. The number of nitrogens with zero attached hydrogens (tertiary/aromatic N) is 1. The number of benzene rings is 2. The SMILES string of the molecule is CCOc1cc(/C=N/NC(=O)Nc2ccccc2)cc(Cl)c1OCC(C)C. The number of carbonyl (C=O) groups excluding carboxylic acids is 1. The first kappa shape index (κ1) is 20.6. The van der Waals surface area contributed by atoms with Crippen molar-refractivity contribution in [2.24, 2.45) is 11.0 Å². The summed E-state index contributed by atoms with van der Waals surface area (Å²) in [6, 6.07) is 12.1. The molecule has 0 saturated heterocycles. The molecule has 0 heterocycles. The van der Waals surface area contributed by atoms with E-state index in [0.717, 1.165) is 0 Å². The van der Waals surface area contributed by atoms with E-state index in [1.54, 1.807) is 24.3 Å². The third-order valence-electron chi connectivity index (χ3n) is 3.30. The molecule has 0 aliphatic carbocycles. The quantitative estimate of drug-likeness (QED) is 0.496. The molecule has 2 aromatic carbocycles. The van der Waals surface area contributed by atoms with Gasteiger partial charge in [0.2, 0.25) is 0 Å². The van der Waals surface area contributed by atoms with Crippen LogP contribution in [-0.4, -0.2) is 25.5 Å². The number of ether oxygens (including phenoxy) is 2. The van der Waals surface area contributed by atoms with E-state index in [1.807, 2.05) is 25.1 Å². The number of anilines is 1. The average molecular weight is 390 g/mol. The summed E-state index contributed by atoms with van der Waals surface area (Å²) in [6.45, 7) is 7.01. The highest BCUT2D eigenvalue weighted by molar-refractivity contribution is 6.32. The van der Waals surface area contributed by atoms with Gasteiger partial charge in [-0.3, -0.25) is 0 Å². The Kier molecular flexibility index (Phi) is 7.95. The minimum Gasteiger partial charge on any atom is -0.490 e. The zero-order valence-corrected chi connectivity index (χ0v) is 16.4. The van der Waals surface area contributed by atoms with Gasteiger partial charge in [-0.1, -0.05) is 43.6 Å². The fourth-order valence-corrected chi connectivity index (χ4v) is 2.44. The zero-order chi connectivity index (χ0) is 19.6. The van der Waals surface area contributed by atoms with Gasteiger partial charge in [-0.15, -0.1) is 0 Å². The lowest BCUT2D eigenvalue weighted by molar-refractivity contribution is 0.248. The molecule has 0 atom stereocenters. The summed E-state index contributed by atoms with van der Waals surface area (Å²) in [5, 5.41) is 7.04. The van der Waals surface area contributed by atoms with Gasteiger partial charge in [0, 0.05) is 5.69 Å². The number of halogens is 1. The van der Waals surface area contributed by atoms with Crippen molar-refractivity contribution in [3.8, 4) is 11.5 Å². The van der Waals surface area contributed by atoms with Crippen LogP contribution in [0.4, 0.5) is 10.5 Å².